The van der Waals surface area contributed by atoms with Crippen LogP contribution >= 0.6 is 0 Å². The van der Waals surface area contributed by atoms with Gasteiger partial charge in [-0.25, -0.2) is 0 Å². The first kappa shape index (κ1) is 19.7. The van der Waals surface area contributed by atoms with Crippen LogP contribution < -0.4 is 10.6 Å². The molecule has 2 amide bonds. The number of nitrogens with zero attached hydrogens (tertiary/aromatic N) is 1. The van der Waals surface area contributed by atoms with E-state index in [0.29, 0.717) is 6.54 Å². The summed E-state index contributed by atoms with van der Waals surface area (Å²) in [6.07, 6.45) is 0.802. The highest BCUT2D eigenvalue weighted by atomic mass is 16.2. The molecule has 0 aliphatic carbocycles. The maximum Gasteiger partial charge on any atom is 0.238 e. The Balaban J connectivity index is 1.68. The number of hydrogen-bond donors (Lipinski definition) is 2. The quantitative estimate of drug-likeness (QED) is 0.767. The SMILES string of the molecule is Cc1ccc(NC(=O)CN(C)CC(=O)NCCc2ccccc2C)cc1. The van der Waals surface area contributed by atoms with Crippen LogP contribution in [0.2, 0.25) is 0 Å². The second-order valence-corrected chi connectivity index (χ2v) is 6.61. The molecule has 0 heterocycles. The van der Waals surface area contributed by atoms with Crippen LogP contribution in [0.5, 0.6) is 0 Å². The zero-order valence-corrected chi connectivity index (χ0v) is 15.7. The number of rotatable bonds is 8. The minimum absolute atomic E-state index is 0.0794. The largest absolute Gasteiger partial charge is 0.355 e. The summed E-state index contributed by atoms with van der Waals surface area (Å²) in [6, 6.07) is 15.8. The third kappa shape index (κ3) is 6.69. The molecular weight excluding hydrogens is 326 g/mol. The lowest BCUT2D eigenvalue weighted by Gasteiger charge is -2.16. The molecule has 2 rings (SSSR count). The minimum Gasteiger partial charge on any atom is -0.355 e. The van der Waals surface area contributed by atoms with E-state index >= 15 is 0 Å². The van der Waals surface area contributed by atoms with Gasteiger partial charge in [-0.3, -0.25) is 14.5 Å². The number of carbonyl (C=O) groups excluding carboxylic acids is 2. The van der Waals surface area contributed by atoms with Crippen LogP contribution in [-0.4, -0.2) is 43.4 Å². The van der Waals surface area contributed by atoms with Crippen LogP contribution in [0.4, 0.5) is 5.69 Å². The van der Waals surface area contributed by atoms with Gasteiger partial charge < -0.3 is 10.6 Å². The topological polar surface area (TPSA) is 61.4 Å². The van der Waals surface area contributed by atoms with Crippen LogP contribution in [-0.2, 0) is 16.0 Å². The van der Waals surface area contributed by atoms with E-state index in [1.54, 1.807) is 11.9 Å². The van der Waals surface area contributed by atoms with Crippen LogP contribution in [0.15, 0.2) is 48.5 Å². The van der Waals surface area contributed by atoms with E-state index in [9.17, 15) is 9.59 Å². The van der Waals surface area contributed by atoms with E-state index < -0.39 is 0 Å². The number of benzene rings is 2. The van der Waals surface area contributed by atoms with Gasteiger partial charge in [0.05, 0.1) is 13.1 Å². The molecule has 2 N–H and O–H groups in total. The molecule has 0 saturated heterocycles. The molecule has 2 aromatic carbocycles. The van der Waals surface area contributed by atoms with Gasteiger partial charge in [-0.1, -0.05) is 42.0 Å². The number of likely N-dealkylation sites (N-methyl/N-ethyl adjacent to an activating group) is 1. The van der Waals surface area contributed by atoms with Crippen molar-refractivity contribution in [2.75, 3.05) is 32.0 Å². The van der Waals surface area contributed by atoms with Gasteiger partial charge in [0, 0.05) is 12.2 Å². The maximum atomic E-state index is 12.0. The Kier molecular flexibility index (Phi) is 7.36. The lowest BCUT2D eigenvalue weighted by molar-refractivity contribution is -0.122. The predicted octanol–water partition coefficient (Wildman–Crippen LogP) is 2.53. The Morgan fingerprint density at radius 3 is 2.27 bits per heavy atom. The number of aryl methyl sites for hydroxylation is 2. The van der Waals surface area contributed by atoms with Crippen molar-refractivity contribution in [2.45, 2.75) is 20.3 Å². The standard InChI is InChI=1S/C21H27N3O2/c1-16-8-10-19(11-9-16)23-21(26)15-24(3)14-20(25)22-13-12-18-7-5-4-6-17(18)2/h4-11H,12-15H2,1-3H3,(H,22,25)(H,23,26). The zero-order valence-electron chi connectivity index (χ0n) is 15.7. The lowest BCUT2D eigenvalue weighted by atomic mass is 10.1. The second-order valence-electron chi connectivity index (χ2n) is 6.61. The van der Waals surface area contributed by atoms with Crippen molar-refractivity contribution in [3.05, 3.63) is 65.2 Å². The summed E-state index contributed by atoms with van der Waals surface area (Å²) < 4.78 is 0. The number of carbonyl (C=O) groups is 2. The summed E-state index contributed by atoms with van der Waals surface area (Å²) in [6.45, 7) is 5.01. The minimum atomic E-state index is -0.135. The van der Waals surface area contributed by atoms with Gasteiger partial charge in [0.15, 0.2) is 0 Å². The Bertz CT molecular complexity index is 741. The number of nitrogens with one attached hydrogen (secondary N) is 2. The lowest BCUT2D eigenvalue weighted by Crippen LogP contribution is -2.39. The molecule has 0 radical (unpaired) electrons. The van der Waals surface area contributed by atoms with Crippen molar-refractivity contribution in [1.82, 2.24) is 10.2 Å². The van der Waals surface area contributed by atoms with Gasteiger partial charge in [0.2, 0.25) is 11.8 Å². The van der Waals surface area contributed by atoms with E-state index in [1.165, 1.54) is 11.1 Å². The summed E-state index contributed by atoms with van der Waals surface area (Å²) in [5.41, 5.74) is 4.37. The molecule has 5 nitrogen and oxygen atoms in total. The van der Waals surface area contributed by atoms with Crippen molar-refractivity contribution in [3.8, 4) is 0 Å². The highest BCUT2D eigenvalue weighted by molar-refractivity contribution is 5.92. The second kappa shape index (κ2) is 9.73. The molecule has 0 aliphatic heterocycles. The van der Waals surface area contributed by atoms with Gasteiger partial charge in [0.1, 0.15) is 0 Å². The Hall–Kier alpha value is -2.66. The van der Waals surface area contributed by atoms with Crippen molar-refractivity contribution in [2.24, 2.45) is 0 Å². The maximum absolute atomic E-state index is 12.0. The van der Waals surface area contributed by atoms with Gasteiger partial charge >= 0.3 is 0 Å². The predicted molar refractivity (Wildman–Crippen MR) is 105 cm³/mol. The smallest absolute Gasteiger partial charge is 0.238 e. The summed E-state index contributed by atoms with van der Waals surface area (Å²) in [5, 5.41) is 5.74. The van der Waals surface area contributed by atoms with E-state index in [4.69, 9.17) is 0 Å². The van der Waals surface area contributed by atoms with Crippen LogP contribution in [0, 0.1) is 13.8 Å². The molecule has 5 heteroatoms. The number of amides is 2. The number of hydrogen-bond acceptors (Lipinski definition) is 3. The summed E-state index contributed by atoms with van der Waals surface area (Å²) in [7, 11) is 1.76. The average Bonchev–Trinajstić information content (AvgIpc) is 2.58. The molecular formula is C21H27N3O2. The zero-order chi connectivity index (χ0) is 18.9. The van der Waals surface area contributed by atoms with Gasteiger partial charge in [-0.05, 0) is 50.6 Å². The molecule has 0 spiro atoms. The summed E-state index contributed by atoms with van der Waals surface area (Å²) in [5.74, 6) is -0.215. The average molecular weight is 353 g/mol. The molecule has 2 aromatic rings. The van der Waals surface area contributed by atoms with E-state index in [2.05, 4.69) is 29.7 Å². The Morgan fingerprint density at radius 1 is 0.923 bits per heavy atom. The molecule has 0 aromatic heterocycles. The van der Waals surface area contributed by atoms with Crippen molar-refractivity contribution in [1.29, 1.82) is 0 Å². The first-order chi connectivity index (χ1) is 12.4. The van der Waals surface area contributed by atoms with Gasteiger partial charge in [-0.15, -0.1) is 0 Å². The third-order valence-corrected chi connectivity index (χ3v) is 4.14. The fourth-order valence-electron chi connectivity index (χ4n) is 2.67. The summed E-state index contributed by atoms with van der Waals surface area (Å²) >= 11 is 0. The highest BCUT2D eigenvalue weighted by Gasteiger charge is 2.11. The molecule has 0 unspecified atom stereocenters. The van der Waals surface area contributed by atoms with Crippen LogP contribution in [0.25, 0.3) is 0 Å². The third-order valence-electron chi connectivity index (χ3n) is 4.14. The van der Waals surface area contributed by atoms with E-state index in [-0.39, 0.29) is 24.9 Å². The van der Waals surface area contributed by atoms with E-state index in [0.717, 1.165) is 17.7 Å². The fourth-order valence-corrected chi connectivity index (χ4v) is 2.67. The van der Waals surface area contributed by atoms with E-state index in [1.807, 2.05) is 43.3 Å². The van der Waals surface area contributed by atoms with Gasteiger partial charge in [-0.2, -0.15) is 0 Å². The Labute approximate surface area is 155 Å². The van der Waals surface area contributed by atoms with Crippen molar-refractivity contribution >= 4 is 17.5 Å². The van der Waals surface area contributed by atoms with Crippen molar-refractivity contribution < 1.29 is 9.59 Å². The fraction of sp³-hybridized carbons (Fsp3) is 0.333. The van der Waals surface area contributed by atoms with Gasteiger partial charge in [0.25, 0.3) is 0 Å². The molecule has 0 bridgehead atoms. The molecule has 0 fully saturated rings. The summed E-state index contributed by atoms with van der Waals surface area (Å²) in [4.78, 5) is 25.8. The normalized spacial score (nSPS) is 10.6. The van der Waals surface area contributed by atoms with Crippen molar-refractivity contribution in [3.63, 3.8) is 0 Å². The molecule has 0 atom stereocenters. The Morgan fingerprint density at radius 2 is 1.58 bits per heavy atom. The molecule has 0 saturated carbocycles. The first-order valence-corrected chi connectivity index (χ1v) is 8.80. The molecule has 0 aliphatic rings. The monoisotopic (exact) mass is 353 g/mol. The van der Waals surface area contributed by atoms with Crippen LogP contribution in [0.1, 0.15) is 16.7 Å². The van der Waals surface area contributed by atoms with Crippen LogP contribution in [0.3, 0.4) is 0 Å². The first-order valence-electron chi connectivity index (χ1n) is 8.80. The molecule has 138 valence electrons. The molecule has 26 heavy (non-hydrogen) atoms. The number of anilines is 1. The highest BCUT2D eigenvalue weighted by Crippen LogP contribution is 2.08.